The molecular formula is C12H14FNO2S. The minimum atomic E-state index is -0.450. The maximum atomic E-state index is 13.3. The average Bonchev–Trinajstić information content (AvgIpc) is 3.13. The number of hydrogen-bond donors (Lipinski definition) is 1. The summed E-state index contributed by atoms with van der Waals surface area (Å²) in [5.74, 6) is -0.336. The van der Waals surface area contributed by atoms with E-state index in [1.54, 1.807) is 6.07 Å². The van der Waals surface area contributed by atoms with Gasteiger partial charge in [0.1, 0.15) is 11.1 Å². The number of methoxy groups -OCH3 is 1. The Bertz CT molecular complexity index is 435. The van der Waals surface area contributed by atoms with E-state index in [1.807, 2.05) is 0 Å². The van der Waals surface area contributed by atoms with Gasteiger partial charge in [-0.1, -0.05) is 0 Å². The molecule has 1 saturated carbocycles. The second-order valence-corrected chi connectivity index (χ2v) is 5.30. The van der Waals surface area contributed by atoms with Crippen LogP contribution in [0.4, 0.5) is 10.1 Å². The molecule has 0 heterocycles. The van der Waals surface area contributed by atoms with Crippen LogP contribution in [0.2, 0.25) is 0 Å². The largest absolute Gasteiger partial charge is 0.468 e. The van der Waals surface area contributed by atoms with Crippen molar-refractivity contribution in [3.63, 3.8) is 0 Å². The lowest BCUT2D eigenvalue weighted by Crippen LogP contribution is -2.20. The van der Waals surface area contributed by atoms with Crippen LogP contribution in [0.15, 0.2) is 23.1 Å². The van der Waals surface area contributed by atoms with Gasteiger partial charge in [0.2, 0.25) is 0 Å². The third-order valence-corrected chi connectivity index (χ3v) is 4.08. The van der Waals surface area contributed by atoms with Gasteiger partial charge in [-0.3, -0.25) is 4.79 Å². The molecule has 0 amide bonds. The molecule has 0 saturated heterocycles. The van der Waals surface area contributed by atoms with E-state index in [0.717, 1.165) is 12.8 Å². The SMILES string of the molecule is COC(=O)C(Sc1ccc(N)c(F)c1)C1CC1. The molecule has 92 valence electrons. The zero-order valence-corrected chi connectivity index (χ0v) is 10.3. The summed E-state index contributed by atoms with van der Waals surface area (Å²) >= 11 is 1.34. The topological polar surface area (TPSA) is 52.3 Å². The van der Waals surface area contributed by atoms with Gasteiger partial charge in [-0.2, -0.15) is 0 Å². The van der Waals surface area contributed by atoms with Crippen molar-refractivity contribution in [1.82, 2.24) is 0 Å². The third-order valence-electron chi connectivity index (χ3n) is 2.72. The van der Waals surface area contributed by atoms with Crippen molar-refractivity contribution in [3.8, 4) is 0 Å². The molecule has 1 aliphatic carbocycles. The molecule has 0 radical (unpaired) electrons. The van der Waals surface area contributed by atoms with Crippen LogP contribution in [0.3, 0.4) is 0 Å². The molecule has 1 atom stereocenters. The molecule has 0 aliphatic heterocycles. The zero-order chi connectivity index (χ0) is 12.4. The fourth-order valence-electron chi connectivity index (χ4n) is 1.58. The van der Waals surface area contributed by atoms with Crippen LogP contribution in [-0.4, -0.2) is 18.3 Å². The third kappa shape index (κ3) is 2.91. The number of nitrogens with two attached hydrogens (primary N) is 1. The van der Waals surface area contributed by atoms with Crippen LogP contribution in [0.1, 0.15) is 12.8 Å². The predicted octanol–water partition coefficient (Wildman–Crippen LogP) is 2.45. The molecule has 1 aromatic carbocycles. The maximum Gasteiger partial charge on any atom is 0.319 e. The Hall–Kier alpha value is -1.23. The summed E-state index contributed by atoms with van der Waals surface area (Å²) in [5, 5.41) is -0.233. The lowest BCUT2D eigenvalue weighted by molar-refractivity contribution is -0.140. The highest BCUT2D eigenvalue weighted by atomic mass is 32.2. The minimum absolute atomic E-state index is 0.121. The zero-order valence-electron chi connectivity index (χ0n) is 9.48. The number of esters is 1. The Morgan fingerprint density at radius 3 is 2.82 bits per heavy atom. The van der Waals surface area contributed by atoms with Gasteiger partial charge in [-0.15, -0.1) is 11.8 Å². The summed E-state index contributed by atoms with van der Waals surface area (Å²) in [6.45, 7) is 0. The molecule has 1 aliphatic rings. The summed E-state index contributed by atoms with van der Waals surface area (Å²) in [6.07, 6.45) is 2.06. The molecule has 1 unspecified atom stereocenters. The highest BCUT2D eigenvalue weighted by Crippen LogP contribution is 2.42. The number of anilines is 1. The molecule has 17 heavy (non-hydrogen) atoms. The van der Waals surface area contributed by atoms with Crippen molar-refractivity contribution in [2.24, 2.45) is 5.92 Å². The van der Waals surface area contributed by atoms with Gasteiger partial charge in [0.25, 0.3) is 0 Å². The summed E-state index contributed by atoms with van der Waals surface area (Å²) in [5.41, 5.74) is 5.52. The number of carbonyl (C=O) groups is 1. The van der Waals surface area contributed by atoms with E-state index in [2.05, 4.69) is 0 Å². The van der Waals surface area contributed by atoms with Crippen LogP contribution in [-0.2, 0) is 9.53 Å². The first-order valence-electron chi connectivity index (χ1n) is 5.41. The van der Waals surface area contributed by atoms with Gasteiger partial charge in [0.15, 0.2) is 0 Å². The number of nitrogen functional groups attached to an aromatic ring is 1. The first-order chi connectivity index (χ1) is 8.11. The van der Waals surface area contributed by atoms with E-state index in [0.29, 0.717) is 10.8 Å². The average molecular weight is 255 g/mol. The van der Waals surface area contributed by atoms with Crippen LogP contribution in [0.5, 0.6) is 0 Å². The number of carbonyl (C=O) groups excluding carboxylic acids is 1. The molecule has 5 heteroatoms. The van der Waals surface area contributed by atoms with Gasteiger partial charge >= 0.3 is 5.97 Å². The van der Waals surface area contributed by atoms with E-state index < -0.39 is 5.82 Å². The maximum absolute atomic E-state index is 13.3. The summed E-state index contributed by atoms with van der Waals surface area (Å²) in [7, 11) is 1.38. The molecule has 0 aromatic heterocycles. The lowest BCUT2D eigenvalue weighted by atomic mass is 10.3. The van der Waals surface area contributed by atoms with Crippen molar-refractivity contribution < 1.29 is 13.9 Å². The molecule has 3 nitrogen and oxygen atoms in total. The Morgan fingerprint density at radius 2 is 2.29 bits per heavy atom. The minimum Gasteiger partial charge on any atom is -0.468 e. The quantitative estimate of drug-likeness (QED) is 0.510. The normalized spacial score (nSPS) is 16.6. The lowest BCUT2D eigenvalue weighted by Gasteiger charge is -2.13. The Labute approximate surface area is 104 Å². The van der Waals surface area contributed by atoms with Crippen molar-refractivity contribution in [2.45, 2.75) is 23.0 Å². The first kappa shape index (κ1) is 12.2. The van der Waals surface area contributed by atoms with Crippen molar-refractivity contribution in [2.75, 3.05) is 12.8 Å². The molecule has 1 fully saturated rings. The fourth-order valence-corrected chi connectivity index (χ4v) is 2.85. The predicted molar refractivity (Wildman–Crippen MR) is 65.2 cm³/mol. The van der Waals surface area contributed by atoms with Crippen LogP contribution in [0.25, 0.3) is 0 Å². The molecule has 1 aromatic rings. The van der Waals surface area contributed by atoms with Gasteiger partial charge in [0.05, 0.1) is 12.8 Å². The van der Waals surface area contributed by atoms with E-state index in [4.69, 9.17) is 10.5 Å². The second-order valence-electron chi connectivity index (χ2n) is 4.08. The standard InChI is InChI=1S/C12H14FNO2S/c1-16-12(15)11(7-2-3-7)17-8-4-5-10(14)9(13)6-8/h4-7,11H,2-3,14H2,1H3. The van der Waals surface area contributed by atoms with Crippen molar-refractivity contribution >= 4 is 23.4 Å². The number of benzene rings is 1. The van der Waals surface area contributed by atoms with E-state index in [1.165, 1.54) is 31.0 Å². The number of rotatable bonds is 4. The smallest absolute Gasteiger partial charge is 0.319 e. The molecule has 2 N–H and O–H groups in total. The Kier molecular flexibility index (Phi) is 3.57. The van der Waals surface area contributed by atoms with Crippen molar-refractivity contribution in [3.05, 3.63) is 24.0 Å². The van der Waals surface area contributed by atoms with Gasteiger partial charge in [0, 0.05) is 4.90 Å². The monoisotopic (exact) mass is 255 g/mol. The highest BCUT2D eigenvalue weighted by Gasteiger charge is 2.37. The van der Waals surface area contributed by atoms with E-state index in [9.17, 15) is 9.18 Å². The van der Waals surface area contributed by atoms with Gasteiger partial charge in [-0.05, 0) is 37.0 Å². The first-order valence-corrected chi connectivity index (χ1v) is 6.29. The summed E-state index contributed by atoms with van der Waals surface area (Å²) in [4.78, 5) is 12.3. The highest BCUT2D eigenvalue weighted by molar-refractivity contribution is 8.00. The van der Waals surface area contributed by atoms with Crippen LogP contribution >= 0.6 is 11.8 Å². The van der Waals surface area contributed by atoms with Crippen LogP contribution < -0.4 is 5.73 Å². The number of hydrogen-bond acceptors (Lipinski definition) is 4. The van der Waals surface area contributed by atoms with Gasteiger partial charge in [-0.25, -0.2) is 4.39 Å². The molecule has 2 rings (SSSR count). The summed E-state index contributed by atoms with van der Waals surface area (Å²) < 4.78 is 18.0. The van der Waals surface area contributed by atoms with Gasteiger partial charge < -0.3 is 10.5 Å². The Morgan fingerprint density at radius 1 is 1.59 bits per heavy atom. The molecular weight excluding hydrogens is 241 g/mol. The second kappa shape index (κ2) is 4.96. The Balaban J connectivity index is 2.11. The summed E-state index contributed by atoms with van der Waals surface area (Å²) in [6, 6.07) is 4.60. The molecule has 0 spiro atoms. The van der Waals surface area contributed by atoms with E-state index >= 15 is 0 Å². The fraction of sp³-hybridized carbons (Fsp3) is 0.417. The molecule has 0 bridgehead atoms. The van der Waals surface area contributed by atoms with Crippen LogP contribution in [0, 0.1) is 11.7 Å². The number of thioether (sulfide) groups is 1. The van der Waals surface area contributed by atoms with E-state index in [-0.39, 0.29) is 16.9 Å². The number of ether oxygens (including phenoxy) is 1. The number of halogens is 1. The van der Waals surface area contributed by atoms with Crippen molar-refractivity contribution in [1.29, 1.82) is 0 Å².